The van der Waals surface area contributed by atoms with Gasteiger partial charge in [0.2, 0.25) is 0 Å². The molecule has 1 rings (SSSR count). The van der Waals surface area contributed by atoms with Crippen LogP contribution in [0.5, 0.6) is 5.75 Å². The number of rotatable bonds is 3. The Labute approximate surface area is 97.8 Å². The van der Waals surface area contributed by atoms with Crippen molar-refractivity contribution in [2.75, 3.05) is 7.11 Å². The predicted octanol–water partition coefficient (Wildman–Crippen LogP) is 3.04. The second-order valence-corrected chi connectivity index (χ2v) is 3.18. The third-order valence-electron chi connectivity index (χ3n) is 1.82. The molecule has 2 nitrogen and oxygen atoms in total. The van der Waals surface area contributed by atoms with Gasteiger partial charge in [-0.3, -0.25) is 0 Å². The van der Waals surface area contributed by atoms with E-state index < -0.39 is 12.5 Å². The number of ether oxygens (including phenoxy) is 1. The van der Waals surface area contributed by atoms with Crippen molar-refractivity contribution in [3.8, 4) is 5.75 Å². The number of alkyl halides is 2. The summed E-state index contributed by atoms with van der Waals surface area (Å²) in [6, 6.07) is 3.09. The van der Waals surface area contributed by atoms with Gasteiger partial charge in [0.25, 0.3) is 6.43 Å². The molecule has 0 aliphatic carbocycles. The highest BCUT2D eigenvalue weighted by molar-refractivity contribution is 6.30. The third-order valence-corrected chi connectivity index (χ3v) is 2.06. The van der Waals surface area contributed by atoms with Crippen LogP contribution in [0.25, 0.3) is 0 Å². The minimum absolute atomic E-state index is 0. The van der Waals surface area contributed by atoms with E-state index in [-0.39, 0.29) is 18.0 Å². The maximum atomic E-state index is 12.3. The number of nitrogens with two attached hydrogens (primary N) is 1. The number of hydrogen-bond acceptors (Lipinski definition) is 2. The summed E-state index contributed by atoms with van der Waals surface area (Å²) in [5, 5.41) is 0.358. The van der Waals surface area contributed by atoms with Crippen LogP contribution in [0.2, 0.25) is 5.02 Å². The Bertz CT molecular complexity index is 323. The first-order chi connectivity index (χ1) is 6.56. The largest absolute Gasteiger partial charge is 0.496 e. The Hall–Kier alpha value is -0.580. The zero-order valence-electron chi connectivity index (χ0n) is 7.91. The average molecular weight is 258 g/mol. The first-order valence-electron chi connectivity index (χ1n) is 3.93. The van der Waals surface area contributed by atoms with Crippen LogP contribution in [-0.2, 0) is 0 Å². The quantitative estimate of drug-likeness (QED) is 0.904. The molecule has 0 radical (unpaired) electrons. The van der Waals surface area contributed by atoms with Gasteiger partial charge in [0, 0.05) is 10.6 Å². The van der Waals surface area contributed by atoms with E-state index in [1.165, 1.54) is 19.2 Å². The van der Waals surface area contributed by atoms with Crippen LogP contribution >= 0.6 is 24.0 Å². The molecule has 0 aromatic heterocycles. The highest BCUT2D eigenvalue weighted by atomic mass is 35.5. The molecule has 0 bridgehead atoms. The van der Waals surface area contributed by atoms with E-state index in [2.05, 4.69) is 0 Å². The monoisotopic (exact) mass is 257 g/mol. The molecule has 0 fully saturated rings. The molecule has 1 aromatic carbocycles. The summed E-state index contributed by atoms with van der Waals surface area (Å²) in [5.41, 5.74) is 5.51. The highest BCUT2D eigenvalue weighted by Crippen LogP contribution is 2.29. The van der Waals surface area contributed by atoms with Gasteiger partial charge in [-0.1, -0.05) is 11.6 Å². The van der Waals surface area contributed by atoms with E-state index in [1.54, 1.807) is 6.07 Å². The van der Waals surface area contributed by atoms with Gasteiger partial charge < -0.3 is 10.5 Å². The Balaban J connectivity index is 0.00000196. The molecule has 0 aliphatic heterocycles. The van der Waals surface area contributed by atoms with Crippen LogP contribution in [0.3, 0.4) is 0 Å². The van der Waals surface area contributed by atoms with Crippen molar-refractivity contribution >= 4 is 24.0 Å². The van der Waals surface area contributed by atoms with Crippen LogP contribution in [0.4, 0.5) is 8.78 Å². The molecule has 0 amide bonds. The molecular weight excluding hydrogens is 247 g/mol. The zero-order chi connectivity index (χ0) is 10.7. The summed E-state index contributed by atoms with van der Waals surface area (Å²) in [4.78, 5) is 0. The second-order valence-electron chi connectivity index (χ2n) is 2.75. The summed E-state index contributed by atoms with van der Waals surface area (Å²) >= 11 is 5.67. The molecule has 86 valence electrons. The third kappa shape index (κ3) is 3.48. The van der Waals surface area contributed by atoms with Gasteiger partial charge in [-0.05, 0) is 18.2 Å². The Morgan fingerprint density at radius 1 is 1.40 bits per heavy atom. The number of halogens is 4. The number of benzene rings is 1. The summed E-state index contributed by atoms with van der Waals surface area (Å²) < 4.78 is 29.6. The Kier molecular flexibility index (Phi) is 5.87. The summed E-state index contributed by atoms with van der Waals surface area (Å²) in [6.45, 7) is 0. The molecule has 0 spiro atoms. The van der Waals surface area contributed by atoms with Crippen molar-refractivity contribution in [3.05, 3.63) is 28.8 Å². The molecular formula is C9H11Cl2F2NO. The Morgan fingerprint density at radius 3 is 2.47 bits per heavy atom. The minimum atomic E-state index is -2.64. The highest BCUT2D eigenvalue weighted by Gasteiger charge is 2.21. The van der Waals surface area contributed by atoms with Gasteiger partial charge in [0.15, 0.2) is 0 Å². The fourth-order valence-electron chi connectivity index (χ4n) is 1.10. The fourth-order valence-corrected chi connectivity index (χ4v) is 1.28. The molecule has 15 heavy (non-hydrogen) atoms. The van der Waals surface area contributed by atoms with Gasteiger partial charge in [0.05, 0.1) is 13.2 Å². The molecule has 0 unspecified atom stereocenters. The first-order valence-corrected chi connectivity index (χ1v) is 4.31. The summed E-state index contributed by atoms with van der Waals surface area (Å²) in [5.74, 6) is 0.321. The van der Waals surface area contributed by atoms with Crippen molar-refractivity contribution in [1.29, 1.82) is 0 Å². The predicted molar refractivity (Wildman–Crippen MR) is 58.2 cm³/mol. The molecule has 6 heteroatoms. The van der Waals surface area contributed by atoms with E-state index in [4.69, 9.17) is 22.1 Å². The summed E-state index contributed by atoms with van der Waals surface area (Å²) in [7, 11) is 1.39. The van der Waals surface area contributed by atoms with Crippen LogP contribution < -0.4 is 10.5 Å². The lowest BCUT2D eigenvalue weighted by molar-refractivity contribution is 0.115. The van der Waals surface area contributed by atoms with Crippen molar-refractivity contribution in [1.82, 2.24) is 0 Å². The lowest BCUT2D eigenvalue weighted by Crippen LogP contribution is -2.19. The van der Waals surface area contributed by atoms with Gasteiger partial charge in [-0.15, -0.1) is 12.4 Å². The zero-order valence-corrected chi connectivity index (χ0v) is 9.49. The maximum absolute atomic E-state index is 12.3. The van der Waals surface area contributed by atoms with Crippen LogP contribution in [0.1, 0.15) is 11.6 Å². The lowest BCUT2D eigenvalue weighted by Gasteiger charge is -2.14. The van der Waals surface area contributed by atoms with E-state index in [1.807, 2.05) is 0 Å². The molecule has 1 atom stereocenters. The lowest BCUT2D eigenvalue weighted by atomic mass is 10.1. The molecule has 0 saturated carbocycles. The van der Waals surface area contributed by atoms with Gasteiger partial charge >= 0.3 is 0 Å². The first kappa shape index (κ1) is 14.4. The number of hydrogen-bond donors (Lipinski definition) is 1. The molecule has 0 saturated heterocycles. The topological polar surface area (TPSA) is 35.2 Å². The minimum Gasteiger partial charge on any atom is -0.496 e. The smallest absolute Gasteiger partial charge is 0.257 e. The van der Waals surface area contributed by atoms with Gasteiger partial charge in [0.1, 0.15) is 5.75 Å². The van der Waals surface area contributed by atoms with E-state index in [0.717, 1.165) is 0 Å². The van der Waals surface area contributed by atoms with Crippen molar-refractivity contribution < 1.29 is 13.5 Å². The molecule has 0 heterocycles. The van der Waals surface area contributed by atoms with Crippen molar-refractivity contribution in [3.63, 3.8) is 0 Å². The normalized spacial score (nSPS) is 12.1. The van der Waals surface area contributed by atoms with Gasteiger partial charge in [-0.25, -0.2) is 8.78 Å². The van der Waals surface area contributed by atoms with Crippen molar-refractivity contribution in [2.45, 2.75) is 12.5 Å². The maximum Gasteiger partial charge on any atom is 0.257 e. The number of methoxy groups -OCH3 is 1. The standard InChI is InChI=1S/C9H10ClF2NO.ClH/c1-14-7-3-2-5(10)4-6(7)8(13)9(11)12;/h2-4,8-9H,13H2,1H3;1H/t8-;/m1./s1. The second kappa shape index (κ2) is 6.10. The SMILES string of the molecule is COc1ccc(Cl)cc1[C@@H](N)C(F)F.Cl. The molecule has 2 N–H and O–H groups in total. The van der Waals surface area contributed by atoms with E-state index >= 15 is 0 Å². The van der Waals surface area contributed by atoms with E-state index in [0.29, 0.717) is 10.8 Å². The summed E-state index contributed by atoms with van der Waals surface area (Å²) in [6.07, 6.45) is -2.64. The molecule has 1 aromatic rings. The van der Waals surface area contributed by atoms with Crippen LogP contribution in [0.15, 0.2) is 18.2 Å². The van der Waals surface area contributed by atoms with Crippen molar-refractivity contribution in [2.24, 2.45) is 5.73 Å². The average Bonchev–Trinajstić information content (AvgIpc) is 2.16. The van der Waals surface area contributed by atoms with Gasteiger partial charge in [-0.2, -0.15) is 0 Å². The fraction of sp³-hybridized carbons (Fsp3) is 0.333. The molecule has 0 aliphatic rings. The Morgan fingerprint density at radius 2 is 2.00 bits per heavy atom. The van der Waals surface area contributed by atoms with Crippen LogP contribution in [0, 0.1) is 0 Å². The van der Waals surface area contributed by atoms with Crippen LogP contribution in [-0.4, -0.2) is 13.5 Å². The van der Waals surface area contributed by atoms with E-state index in [9.17, 15) is 8.78 Å².